The molecule has 0 radical (unpaired) electrons. The molecule has 0 spiro atoms. The van der Waals surface area contributed by atoms with Crippen molar-refractivity contribution in [2.45, 2.75) is 56.9 Å². The Kier molecular flexibility index (Phi) is 6.91. The molecule has 8 rings (SSSR count). The summed E-state index contributed by atoms with van der Waals surface area (Å²) in [5, 5.41) is 13.6. The van der Waals surface area contributed by atoms with Crippen LogP contribution in [0.3, 0.4) is 0 Å². The van der Waals surface area contributed by atoms with Crippen LogP contribution in [0.5, 0.6) is 0 Å². The van der Waals surface area contributed by atoms with Crippen LogP contribution in [0.4, 0.5) is 0 Å². The number of rotatable bonds is 8. The van der Waals surface area contributed by atoms with Crippen LogP contribution in [0.1, 0.15) is 66.9 Å². The van der Waals surface area contributed by atoms with Gasteiger partial charge >= 0.3 is 0 Å². The molecule has 1 heterocycles. The third kappa shape index (κ3) is 5.01. The molecule has 5 aliphatic rings. The standard InChI is InChI=1S/C31H33Cl3N4O/c32-23-5-3-20(4-6-23)30-27(19-1-2-19)29(37-38(30)26-8-7-24(33)16-25(26)34)31(39)36-10-9-35-28-21-12-17-11-18(14-21)15-22(28)13-17/h3-8,16-19,21-22,28,35H,1-2,9-15H2,(H,36,39)/t17-,18+,21-,22+,28?. The van der Waals surface area contributed by atoms with Crippen LogP contribution < -0.4 is 10.6 Å². The van der Waals surface area contributed by atoms with Crippen LogP contribution in [0.2, 0.25) is 15.1 Å². The molecule has 204 valence electrons. The fourth-order valence-corrected chi connectivity index (χ4v) is 8.44. The van der Waals surface area contributed by atoms with Crippen LogP contribution in [0.15, 0.2) is 42.5 Å². The van der Waals surface area contributed by atoms with Gasteiger partial charge in [0.05, 0.1) is 16.4 Å². The number of carbonyl (C=O) groups is 1. The second-order valence-corrected chi connectivity index (χ2v) is 13.3. The Hall–Kier alpha value is -2.05. The van der Waals surface area contributed by atoms with Crippen LogP contribution >= 0.6 is 34.8 Å². The van der Waals surface area contributed by atoms with Gasteiger partial charge in [0.2, 0.25) is 0 Å². The van der Waals surface area contributed by atoms with E-state index in [1.807, 2.05) is 30.3 Å². The molecule has 0 aliphatic heterocycles. The lowest BCUT2D eigenvalue weighted by atomic mass is 9.54. The maximum atomic E-state index is 13.6. The second-order valence-electron chi connectivity index (χ2n) is 12.1. The van der Waals surface area contributed by atoms with Crippen LogP contribution in [-0.2, 0) is 0 Å². The summed E-state index contributed by atoms with van der Waals surface area (Å²) in [4.78, 5) is 13.6. The monoisotopic (exact) mass is 582 g/mol. The molecule has 5 nitrogen and oxygen atoms in total. The summed E-state index contributed by atoms with van der Waals surface area (Å²) in [5.41, 5.74) is 3.98. The van der Waals surface area contributed by atoms with Gasteiger partial charge in [-0.3, -0.25) is 4.79 Å². The Balaban J connectivity index is 1.14. The molecular weight excluding hydrogens is 551 g/mol. The van der Waals surface area contributed by atoms with Gasteiger partial charge in [0.25, 0.3) is 5.91 Å². The van der Waals surface area contributed by atoms with Gasteiger partial charge < -0.3 is 10.6 Å². The molecule has 5 fully saturated rings. The zero-order valence-corrected chi connectivity index (χ0v) is 24.1. The van der Waals surface area contributed by atoms with Crippen LogP contribution in [-0.4, -0.2) is 34.8 Å². The molecule has 8 heteroatoms. The maximum Gasteiger partial charge on any atom is 0.272 e. The minimum absolute atomic E-state index is 0.136. The Morgan fingerprint density at radius 2 is 1.54 bits per heavy atom. The van der Waals surface area contributed by atoms with Crippen molar-refractivity contribution in [3.63, 3.8) is 0 Å². The topological polar surface area (TPSA) is 59.0 Å². The Morgan fingerprint density at radius 3 is 2.18 bits per heavy atom. The molecule has 0 atom stereocenters. The number of amides is 1. The first-order valence-electron chi connectivity index (χ1n) is 14.3. The van der Waals surface area contributed by atoms with Crippen LogP contribution in [0, 0.1) is 23.7 Å². The Labute approximate surface area is 244 Å². The van der Waals surface area contributed by atoms with E-state index in [9.17, 15) is 4.79 Å². The van der Waals surface area contributed by atoms with Crippen molar-refractivity contribution in [1.82, 2.24) is 20.4 Å². The van der Waals surface area contributed by atoms with Gasteiger partial charge in [-0.2, -0.15) is 5.10 Å². The third-order valence-corrected chi connectivity index (χ3v) is 10.2. The average Bonchev–Trinajstić information content (AvgIpc) is 3.67. The van der Waals surface area contributed by atoms with E-state index in [2.05, 4.69) is 10.6 Å². The van der Waals surface area contributed by atoms with Crippen molar-refractivity contribution in [3.05, 3.63) is 68.8 Å². The molecule has 5 aliphatic carbocycles. The Bertz CT molecular complexity index is 1370. The number of aromatic nitrogens is 2. The van der Waals surface area contributed by atoms with Gasteiger partial charge in [0.1, 0.15) is 0 Å². The molecule has 5 saturated carbocycles. The predicted molar refractivity (Wildman–Crippen MR) is 157 cm³/mol. The first-order valence-corrected chi connectivity index (χ1v) is 15.4. The lowest BCUT2D eigenvalue weighted by Crippen LogP contribution is -2.55. The number of benzene rings is 2. The van der Waals surface area contributed by atoms with E-state index >= 15 is 0 Å². The molecule has 0 unspecified atom stereocenters. The van der Waals surface area contributed by atoms with E-state index in [4.69, 9.17) is 39.9 Å². The number of nitrogens with one attached hydrogen (secondary N) is 2. The SMILES string of the molecule is O=C(NCCNC1[C@H]2C[C@@H]3C[C@@H](C[C@H]1C3)C2)c1nn(-c2ccc(Cl)cc2Cl)c(-c2ccc(Cl)cc2)c1C1CC1. The van der Waals surface area contributed by atoms with Crippen LogP contribution in [0.25, 0.3) is 16.9 Å². The van der Waals surface area contributed by atoms with E-state index in [0.29, 0.717) is 45.0 Å². The van der Waals surface area contributed by atoms with Crippen molar-refractivity contribution < 1.29 is 4.79 Å². The highest BCUT2D eigenvalue weighted by atomic mass is 35.5. The summed E-state index contributed by atoms with van der Waals surface area (Å²) >= 11 is 19.0. The maximum absolute atomic E-state index is 13.6. The zero-order valence-electron chi connectivity index (χ0n) is 21.8. The van der Waals surface area contributed by atoms with Gasteiger partial charge in [-0.15, -0.1) is 0 Å². The van der Waals surface area contributed by atoms with Gasteiger partial charge in [-0.25, -0.2) is 4.68 Å². The quantitative estimate of drug-likeness (QED) is 0.270. The number of nitrogens with zero attached hydrogens (tertiary/aromatic N) is 2. The summed E-state index contributed by atoms with van der Waals surface area (Å²) in [7, 11) is 0. The molecule has 39 heavy (non-hydrogen) atoms. The van der Waals surface area contributed by atoms with Crippen molar-refractivity contribution in [2.75, 3.05) is 13.1 Å². The van der Waals surface area contributed by atoms with E-state index in [0.717, 1.165) is 59.9 Å². The number of hydrogen-bond donors (Lipinski definition) is 2. The fraction of sp³-hybridized carbons (Fsp3) is 0.484. The predicted octanol–water partition coefficient (Wildman–Crippen LogP) is 7.52. The molecule has 3 aromatic rings. The molecule has 0 saturated heterocycles. The minimum Gasteiger partial charge on any atom is -0.349 e. The second kappa shape index (κ2) is 10.4. The molecule has 2 aromatic carbocycles. The first kappa shape index (κ1) is 25.9. The van der Waals surface area contributed by atoms with E-state index < -0.39 is 0 Å². The smallest absolute Gasteiger partial charge is 0.272 e. The molecule has 4 bridgehead atoms. The molecular formula is C31H33Cl3N4O. The van der Waals surface area contributed by atoms with Gasteiger partial charge in [-0.1, -0.05) is 46.9 Å². The summed E-state index contributed by atoms with van der Waals surface area (Å²) in [6, 6.07) is 13.6. The summed E-state index contributed by atoms with van der Waals surface area (Å²) in [6.07, 6.45) is 9.09. The van der Waals surface area contributed by atoms with Crippen molar-refractivity contribution in [3.8, 4) is 16.9 Å². The minimum atomic E-state index is -0.136. The normalized spacial score (nSPS) is 27.2. The van der Waals surface area contributed by atoms with Crippen molar-refractivity contribution in [1.29, 1.82) is 0 Å². The zero-order chi connectivity index (χ0) is 26.7. The number of carbonyl (C=O) groups excluding carboxylic acids is 1. The fourth-order valence-electron chi connectivity index (χ4n) is 7.83. The Morgan fingerprint density at radius 1 is 0.872 bits per heavy atom. The third-order valence-electron chi connectivity index (χ3n) is 9.40. The average molecular weight is 584 g/mol. The summed E-state index contributed by atoms with van der Waals surface area (Å²) in [6.45, 7) is 1.36. The first-order chi connectivity index (χ1) is 18.9. The van der Waals surface area contributed by atoms with E-state index in [1.54, 1.807) is 16.8 Å². The van der Waals surface area contributed by atoms with Gasteiger partial charge in [-0.05, 0) is 105 Å². The van der Waals surface area contributed by atoms with Crippen molar-refractivity contribution in [2.24, 2.45) is 23.7 Å². The van der Waals surface area contributed by atoms with E-state index in [1.165, 1.54) is 32.1 Å². The summed E-state index contributed by atoms with van der Waals surface area (Å²) in [5.74, 6) is 3.72. The largest absolute Gasteiger partial charge is 0.349 e. The van der Waals surface area contributed by atoms with Crippen molar-refractivity contribution >= 4 is 40.7 Å². The number of hydrogen-bond acceptors (Lipinski definition) is 3. The summed E-state index contributed by atoms with van der Waals surface area (Å²) < 4.78 is 1.80. The highest BCUT2D eigenvalue weighted by molar-refractivity contribution is 6.35. The van der Waals surface area contributed by atoms with Gasteiger partial charge in [0, 0.05) is 40.3 Å². The lowest BCUT2D eigenvalue weighted by molar-refractivity contribution is -0.0133. The molecule has 2 N–H and O–H groups in total. The van der Waals surface area contributed by atoms with Gasteiger partial charge in [0.15, 0.2) is 5.69 Å². The number of halogens is 3. The highest BCUT2D eigenvalue weighted by Crippen LogP contribution is 2.53. The lowest BCUT2D eigenvalue weighted by Gasteiger charge is -2.54. The molecule has 1 amide bonds. The molecule has 1 aromatic heterocycles. The highest BCUT2D eigenvalue weighted by Gasteiger charge is 2.47. The van der Waals surface area contributed by atoms with E-state index in [-0.39, 0.29) is 5.91 Å².